The summed E-state index contributed by atoms with van der Waals surface area (Å²) in [5, 5.41) is 8.32. The van der Waals surface area contributed by atoms with Crippen LogP contribution in [0.15, 0.2) is 15.8 Å². The number of hydrogen-bond acceptors (Lipinski definition) is 3. The van der Waals surface area contributed by atoms with E-state index in [0.717, 1.165) is 0 Å². The van der Waals surface area contributed by atoms with Crippen molar-refractivity contribution in [2.45, 2.75) is 26.3 Å². The Kier molecular flexibility index (Phi) is 3.24. The van der Waals surface area contributed by atoms with E-state index in [1.807, 2.05) is 6.07 Å². The number of unbranched alkanes of at least 4 members (excludes halogenated alkanes) is 1. The van der Waals surface area contributed by atoms with Crippen LogP contribution in [0.1, 0.15) is 18.4 Å². The Labute approximate surface area is 80.6 Å². The lowest BCUT2D eigenvalue weighted by molar-refractivity contribution is 0.609. The molecule has 0 aliphatic heterocycles. The first-order valence-corrected chi connectivity index (χ1v) is 4.32. The predicted octanol–water partition coefficient (Wildman–Crippen LogP) is 0.149. The van der Waals surface area contributed by atoms with E-state index in [1.54, 1.807) is 6.92 Å². The van der Waals surface area contributed by atoms with Crippen molar-refractivity contribution in [3.63, 3.8) is 0 Å². The van der Waals surface area contributed by atoms with Crippen molar-refractivity contribution in [3.8, 4) is 6.07 Å². The van der Waals surface area contributed by atoms with Crippen LogP contribution in [-0.4, -0.2) is 9.55 Å². The maximum atomic E-state index is 11.2. The lowest BCUT2D eigenvalue weighted by Crippen LogP contribution is -2.30. The minimum absolute atomic E-state index is 0.355. The van der Waals surface area contributed by atoms with Crippen LogP contribution in [0.25, 0.3) is 0 Å². The first-order valence-electron chi connectivity index (χ1n) is 4.32. The Morgan fingerprint density at radius 2 is 2.29 bits per heavy atom. The zero-order chi connectivity index (χ0) is 10.6. The molecule has 74 valence electrons. The first-order chi connectivity index (χ1) is 6.65. The van der Waals surface area contributed by atoms with Crippen molar-refractivity contribution in [2.75, 3.05) is 0 Å². The van der Waals surface area contributed by atoms with Gasteiger partial charge in [0.05, 0.1) is 6.07 Å². The molecule has 0 unspecified atom stereocenters. The molecule has 14 heavy (non-hydrogen) atoms. The van der Waals surface area contributed by atoms with Gasteiger partial charge in [-0.15, -0.1) is 0 Å². The Morgan fingerprint density at radius 1 is 1.57 bits per heavy atom. The molecule has 0 fully saturated rings. The summed E-state index contributed by atoms with van der Waals surface area (Å²) in [5.41, 5.74) is -0.272. The number of nitriles is 1. The number of nitrogens with one attached hydrogen (secondary N) is 1. The summed E-state index contributed by atoms with van der Waals surface area (Å²) < 4.78 is 1.41. The van der Waals surface area contributed by atoms with E-state index >= 15 is 0 Å². The Hall–Kier alpha value is -1.83. The predicted molar refractivity (Wildman–Crippen MR) is 50.9 cm³/mol. The van der Waals surface area contributed by atoms with Gasteiger partial charge in [-0.25, -0.2) is 4.79 Å². The molecular formula is C9H11N3O2. The van der Waals surface area contributed by atoms with Crippen LogP contribution < -0.4 is 11.2 Å². The maximum absolute atomic E-state index is 11.2. The van der Waals surface area contributed by atoms with Gasteiger partial charge in [0.2, 0.25) is 0 Å². The summed E-state index contributed by atoms with van der Waals surface area (Å²) in [6.45, 7) is 2.10. The van der Waals surface area contributed by atoms with Gasteiger partial charge in [-0.2, -0.15) is 5.26 Å². The summed E-state index contributed by atoms with van der Waals surface area (Å²) in [4.78, 5) is 24.4. The highest BCUT2D eigenvalue weighted by molar-refractivity contribution is 5.00. The second-order valence-electron chi connectivity index (χ2n) is 3.03. The fraction of sp³-hybridized carbons (Fsp3) is 0.444. The molecule has 1 aromatic rings. The third-order valence-electron chi connectivity index (χ3n) is 1.88. The van der Waals surface area contributed by atoms with Crippen molar-refractivity contribution < 1.29 is 0 Å². The molecule has 1 rings (SSSR count). The molecule has 1 aromatic heterocycles. The van der Waals surface area contributed by atoms with Crippen molar-refractivity contribution in [3.05, 3.63) is 32.6 Å². The molecule has 0 saturated carbocycles. The molecule has 0 bridgehead atoms. The van der Waals surface area contributed by atoms with Crippen LogP contribution in [0.2, 0.25) is 0 Å². The molecule has 0 spiro atoms. The zero-order valence-electron chi connectivity index (χ0n) is 7.91. The monoisotopic (exact) mass is 193 g/mol. The summed E-state index contributed by atoms with van der Waals surface area (Å²) >= 11 is 0. The second kappa shape index (κ2) is 4.42. The van der Waals surface area contributed by atoms with Gasteiger partial charge in [-0.1, -0.05) is 0 Å². The van der Waals surface area contributed by atoms with Crippen LogP contribution in [0.5, 0.6) is 0 Å². The van der Waals surface area contributed by atoms with Gasteiger partial charge in [-0.05, 0) is 13.3 Å². The SMILES string of the molecule is Cc1cn(CCCC#N)c(=O)[nH]c1=O. The van der Waals surface area contributed by atoms with E-state index < -0.39 is 5.69 Å². The van der Waals surface area contributed by atoms with E-state index in [4.69, 9.17) is 5.26 Å². The number of aromatic nitrogens is 2. The number of hydrogen-bond donors (Lipinski definition) is 1. The van der Waals surface area contributed by atoms with Crippen LogP contribution in [0.4, 0.5) is 0 Å². The van der Waals surface area contributed by atoms with Crippen molar-refractivity contribution in [1.82, 2.24) is 9.55 Å². The number of aryl methyl sites for hydroxylation is 2. The van der Waals surface area contributed by atoms with E-state index in [-0.39, 0.29) is 5.56 Å². The number of nitrogens with zero attached hydrogens (tertiary/aromatic N) is 2. The molecule has 0 radical (unpaired) electrons. The van der Waals surface area contributed by atoms with Gasteiger partial charge in [0.1, 0.15) is 0 Å². The van der Waals surface area contributed by atoms with E-state index in [2.05, 4.69) is 4.98 Å². The molecule has 0 aliphatic carbocycles. The van der Waals surface area contributed by atoms with Gasteiger partial charge in [0, 0.05) is 24.7 Å². The normalized spacial score (nSPS) is 9.71. The van der Waals surface area contributed by atoms with E-state index in [1.165, 1.54) is 10.8 Å². The van der Waals surface area contributed by atoms with Crippen LogP contribution in [0.3, 0.4) is 0 Å². The quantitative estimate of drug-likeness (QED) is 0.694. The Morgan fingerprint density at radius 3 is 2.93 bits per heavy atom. The van der Waals surface area contributed by atoms with Crippen LogP contribution in [-0.2, 0) is 6.54 Å². The third kappa shape index (κ3) is 2.33. The number of rotatable bonds is 3. The highest BCUT2D eigenvalue weighted by Crippen LogP contribution is 1.91. The Balaban J connectivity index is 2.89. The van der Waals surface area contributed by atoms with Gasteiger partial charge in [0.15, 0.2) is 0 Å². The van der Waals surface area contributed by atoms with Gasteiger partial charge >= 0.3 is 5.69 Å². The summed E-state index contributed by atoms with van der Waals surface area (Å²) in [5.74, 6) is 0. The fourth-order valence-corrected chi connectivity index (χ4v) is 1.11. The highest BCUT2D eigenvalue weighted by Gasteiger charge is 1.99. The maximum Gasteiger partial charge on any atom is 0.328 e. The third-order valence-corrected chi connectivity index (χ3v) is 1.88. The molecule has 0 aromatic carbocycles. The van der Waals surface area contributed by atoms with Gasteiger partial charge in [0.25, 0.3) is 5.56 Å². The summed E-state index contributed by atoms with van der Waals surface area (Å²) in [6, 6.07) is 2.00. The minimum Gasteiger partial charge on any atom is -0.300 e. The molecule has 0 aliphatic rings. The first kappa shape index (κ1) is 10.3. The lowest BCUT2D eigenvalue weighted by atomic mass is 10.3. The van der Waals surface area contributed by atoms with Crippen LogP contribution in [0, 0.1) is 18.3 Å². The smallest absolute Gasteiger partial charge is 0.300 e. The van der Waals surface area contributed by atoms with Crippen molar-refractivity contribution >= 4 is 0 Å². The second-order valence-corrected chi connectivity index (χ2v) is 3.03. The Bertz CT molecular complexity index is 464. The van der Waals surface area contributed by atoms with Gasteiger partial charge in [-0.3, -0.25) is 9.78 Å². The van der Waals surface area contributed by atoms with Gasteiger partial charge < -0.3 is 4.57 Å². The molecule has 0 atom stereocenters. The number of H-pyrrole nitrogens is 1. The molecule has 1 N–H and O–H groups in total. The summed E-state index contributed by atoms with van der Waals surface area (Å²) in [7, 11) is 0. The standard InChI is InChI=1S/C9H11N3O2/c1-7-6-12(5-3-2-4-10)9(14)11-8(7)13/h6H,2-3,5H2,1H3,(H,11,13,14). The van der Waals surface area contributed by atoms with Crippen LogP contribution >= 0.6 is 0 Å². The largest absolute Gasteiger partial charge is 0.328 e. The highest BCUT2D eigenvalue weighted by atomic mass is 16.2. The zero-order valence-corrected chi connectivity index (χ0v) is 7.91. The average molecular weight is 193 g/mol. The van der Waals surface area contributed by atoms with Crippen molar-refractivity contribution in [1.29, 1.82) is 5.26 Å². The van der Waals surface area contributed by atoms with Crippen molar-refractivity contribution in [2.24, 2.45) is 0 Å². The molecule has 0 saturated heterocycles. The van der Waals surface area contributed by atoms with E-state index in [0.29, 0.717) is 24.9 Å². The fourth-order valence-electron chi connectivity index (χ4n) is 1.11. The average Bonchev–Trinajstić information content (AvgIpc) is 2.14. The van der Waals surface area contributed by atoms with E-state index in [9.17, 15) is 9.59 Å². The minimum atomic E-state index is -0.418. The topological polar surface area (TPSA) is 78.7 Å². The molecule has 1 heterocycles. The number of aromatic amines is 1. The molecule has 0 amide bonds. The molecular weight excluding hydrogens is 182 g/mol. The molecule has 5 nitrogen and oxygen atoms in total. The molecule has 5 heteroatoms. The lowest BCUT2D eigenvalue weighted by Gasteiger charge is -2.03. The summed E-state index contributed by atoms with van der Waals surface area (Å²) in [6.07, 6.45) is 2.53.